The first-order valence-electron chi connectivity index (χ1n) is 10.3. The Morgan fingerprint density at radius 3 is 2.39 bits per heavy atom. The van der Waals surface area contributed by atoms with Crippen LogP contribution >= 0.6 is 0 Å². The molecule has 1 N–H and O–H groups in total. The number of carbonyl (C=O) groups excluding carboxylic acids is 2. The molecule has 3 aromatic rings. The van der Waals surface area contributed by atoms with Gasteiger partial charge in [-0.2, -0.15) is 0 Å². The number of ether oxygens (including phenoxy) is 1. The molecule has 1 amide bonds. The Morgan fingerprint density at radius 1 is 1.03 bits per heavy atom. The maximum Gasteiger partial charge on any atom is 0.407 e. The van der Waals surface area contributed by atoms with Gasteiger partial charge in [0.05, 0.1) is 0 Å². The number of carbonyl (C=O) groups is 2. The minimum atomic E-state index is -0.442. The molecule has 0 radical (unpaired) electrons. The van der Waals surface area contributed by atoms with Crippen molar-refractivity contribution >= 4 is 12.4 Å². The van der Waals surface area contributed by atoms with E-state index in [9.17, 15) is 9.59 Å². The molecule has 4 heteroatoms. The molecule has 0 saturated heterocycles. The lowest BCUT2D eigenvalue weighted by Gasteiger charge is -2.14. The predicted octanol–water partition coefficient (Wildman–Crippen LogP) is 5.09. The third-order valence-electron chi connectivity index (χ3n) is 5.33. The lowest BCUT2D eigenvalue weighted by Crippen LogP contribution is -2.26. The summed E-state index contributed by atoms with van der Waals surface area (Å²) in [5, 5.41) is 2.75. The van der Waals surface area contributed by atoms with E-state index in [2.05, 4.69) is 41.4 Å². The summed E-state index contributed by atoms with van der Waals surface area (Å²) < 4.78 is 5.51. The molecule has 154 valence electrons. The molecule has 0 saturated carbocycles. The average Bonchev–Trinajstić information content (AvgIpc) is 3.11. The summed E-state index contributed by atoms with van der Waals surface area (Å²) >= 11 is 0. The van der Waals surface area contributed by atoms with Crippen molar-refractivity contribution in [3.8, 4) is 23.0 Å². The van der Waals surface area contributed by atoms with Crippen LogP contribution in [0, 0.1) is 18.8 Å². The van der Waals surface area contributed by atoms with Crippen molar-refractivity contribution in [2.24, 2.45) is 0 Å². The Balaban J connectivity index is 1.29. The zero-order chi connectivity index (χ0) is 21.6. The van der Waals surface area contributed by atoms with Gasteiger partial charge in [0, 0.05) is 30.0 Å². The highest BCUT2D eigenvalue weighted by Gasteiger charge is 2.28. The van der Waals surface area contributed by atoms with Crippen LogP contribution in [0.3, 0.4) is 0 Å². The molecular formula is C27H23NO3. The molecule has 0 bridgehead atoms. The number of aryl methyl sites for hydroxylation is 1. The van der Waals surface area contributed by atoms with E-state index in [-0.39, 0.29) is 5.92 Å². The average molecular weight is 409 g/mol. The van der Waals surface area contributed by atoms with Crippen LogP contribution in [0.1, 0.15) is 45.0 Å². The summed E-state index contributed by atoms with van der Waals surface area (Å²) in [6.45, 7) is 2.62. The fraction of sp³-hybridized carbons (Fsp3) is 0.185. The standard InChI is InChI=1S/C27H23NO3/c1-19-14-20(16-21(15-19)17-29)8-6-7-13-28-27(30)31-18-26-24-11-4-2-9-22(24)23-10-3-5-12-25(23)26/h2-5,9-12,14-17,26H,7,13,18H2,1H3,(H,28,30). The van der Waals surface area contributed by atoms with Crippen LogP contribution in [0.2, 0.25) is 0 Å². The van der Waals surface area contributed by atoms with E-state index in [4.69, 9.17) is 4.74 Å². The van der Waals surface area contributed by atoms with E-state index in [1.54, 1.807) is 6.07 Å². The van der Waals surface area contributed by atoms with Crippen LogP contribution in [0.25, 0.3) is 11.1 Å². The van der Waals surface area contributed by atoms with E-state index < -0.39 is 6.09 Å². The first-order valence-corrected chi connectivity index (χ1v) is 10.3. The molecule has 1 aliphatic rings. The highest BCUT2D eigenvalue weighted by atomic mass is 16.5. The maximum absolute atomic E-state index is 12.2. The van der Waals surface area contributed by atoms with Gasteiger partial charge in [0.2, 0.25) is 0 Å². The summed E-state index contributed by atoms with van der Waals surface area (Å²) in [5.41, 5.74) is 7.19. The van der Waals surface area contributed by atoms with Crippen molar-refractivity contribution in [3.05, 3.63) is 94.5 Å². The summed E-state index contributed by atoms with van der Waals surface area (Å²) in [4.78, 5) is 23.1. The van der Waals surface area contributed by atoms with Crippen LogP contribution in [-0.4, -0.2) is 25.5 Å². The number of rotatable bonds is 5. The molecule has 0 heterocycles. The highest BCUT2D eigenvalue weighted by Crippen LogP contribution is 2.44. The summed E-state index contributed by atoms with van der Waals surface area (Å²) in [6.07, 6.45) is 0.869. The van der Waals surface area contributed by atoms with Gasteiger partial charge < -0.3 is 10.1 Å². The maximum atomic E-state index is 12.2. The number of hydrogen-bond acceptors (Lipinski definition) is 3. The molecule has 4 nitrogen and oxygen atoms in total. The Labute approximate surface area is 182 Å². The second kappa shape index (κ2) is 9.32. The van der Waals surface area contributed by atoms with Gasteiger partial charge >= 0.3 is 6.09 Å². The smallest absolute Gasteiger partial charge is 0.407 e. The second-order valence-corrected chi connectivity index (χ2v) is 7.55. The van der Waals surface area contributed by atoms with Gasteiger partial charge in [-0.15, -0.1) is 0 Å². The predicted molar refractivity (Wildman–Crippen MR) is 121 cm³/mol. The van der Waals surface area contributed by atoms with Crippen molar-refractivity contribution in [1.29, 1.82) is 0 Å². The molecule has 0 aliphatic heterocycles. The number of alkyl carbamates (subject to hydrolysis) is 1. The lowest BCUT2D eigenvalue weighted by molar-refractivity contribution is 0.112. The molecule has 4 rings (SSSR count). The number of hydrogen-bond donors (Lipinski definition) is 1. The van der Waals surface area contributed by atoms with E-state index in [0.29, 0.717) is 25.1 Å². The number of aldehydes is 1. The Kier molecular flexibility index (Phi) is 6.14. The molecule has 0 unspecified atom stereocenters. The second-order valence-electron chi connectivity index (χ2n) is 7.55. The molecule has 0 spiro atoms. The fourth-order valence-corrected chi connectivity index (χ4v) is 3.99. The van der Waals surface area contributed by atoms with Crippen molar-refractivity contribution in [3.63, 3.8) is 0 Å². The summed E-state index contributed by atoms with van der Waals surface area (Å²) in [7, 11) is 0. The van der Waals surface area contributed by atoms with Crippen LogP contribution in [0.15, 0.2) is 66.7 Å². The van der Waals surface area contributed by atoms with Crippen molar-refractivity contribution in [2.45, 2.75) is 19.3 Å². The number of benzene rings is 3. The molecule has 0 aromatic heterocycles. The van der Waals surface area contributed by atoms with Crippen molar-refractivity contribution in [2.75, 3.05) is 13.2 Å². The monoisotopic (exact) mass is 409 g/mol. The third-order valence-corrected chi connectivity index (χ3v) is 5.33. The van der Waals surface area contributed by atoms with E-state index in [0.717, 1.165) is 17.4 Å². The van der Waals surface area contributed by atoms with E-state index in [1.807, 2.05) is 43.3 Å². The Bertz CT molecular complexity index is 1140. The zero-order valence-electron chi connectivity index (χ0n) is 17.4. The number of fused-ring (bicyclic) bond motifs is 3. The molecule has 0 fully saturated rings. The SMILES string of the molecule is Cc1cc(C#CCCNC(=O)OCC2c3ccccc3-c3ccccc32)cc(C=O)c1. The largest absolute Gasteiger partial charge is 0.449 e. The molecule has 0 atom stereocenters. The first-order chi connectivity index (χ1) is 15.2. The Morgan fingerprint density at radius 2 is 1.71 bits per heavy atom. The number of nitrogens with one attached hydrogen (secondary N) is 1. The zero-order valence-corrected chi connectivity index (χ0v) is 17.4. The van der Waals surface area contributed by atoms with Crippen molar-refractivity contribution in [1.82, 2.24) is 5.32 Å². The molecule has 1 aliphatic carbocycles. The normalized spacial score (nSPS) is 11.6. The van der Waals surface area contributed by atoms with E-state index >= 15 is 0 Å². The van der Waals surface area contributed by atoms with Gasteiger partial charge in [0.1, 0.15) is 12.9 Å². The third kappa shape index (κ3) is 4.67. The quantitative estimate of drug-likeness (QED) is 0.363. The molecule has 3 aromatic carbocycles. The molecular weight excluding hydrogens is 386 g/mol. The topological polar surface area (TPSA) is 55.4 Å². The van der Waals surface area contributed by atoms with Crippen molar-refractivity contribution < 1.29 is 14.3 Å². The van der Waals surface area contributed by atoms with Crippen LogP contribution in [-0.2, 0) is 4.74 Å². The van der Waals surface area contributed by atoms with Gasteiger partial charge in [0.15, 0.2) is 0 Å². The van der Waals surface area contributed by atoms with Gasteiger partial charge in [-0.05, 0) is 52.9 Å². The molecule has 31 heavy (non-hydrogen) atoms. The highest BCUT2D eigenvalue weighted by molar-refractivity contribution is 5.79. The van der Waals surface area contributed by atoms with E-state index in [1.165, 1.54) is 22.3 Å². The minimum absolute atomic E-state index is 0.0475. The van der Waals surface area contributed by atoms with Gasteiger partial charge in [0.25, 0.3) is 0 Å². The van der Waals surface area contributed by atoms with Crippen LogP contribution < -0.4 is 5.32 Å². The number of amides is 1. The fourth-order valence-electron chi connectivity index (χ4n) is 3.99. The van der Waals surface area contributed by atoms with Gasteiger partial charge in [-0.3, -0.25) is 4.79 Å². The first kappa shape index (κ1) is 20.4. The van der Waals surface area contributed by atoms with Crippen LogP contribution in [0.5, 0.6) is 0 Å². The van der Waals surface area contributed by atoms with Gasteiger partial charge in [-0.1, -0.05) is 60.4 Å². The van der Waals surface area contributed by atoms with Gasteiger partial charge in [-0.25, -0.2) is 4.79 Å². The van der Waals surface area contributed by atoms with Crippen LogP contribution in [0.4, 0.5) is 4.79 Å². The minimum Gasteiger partial charge on any atom is -0.449 e. The lowest BCUT2D eigenvalue weighted by atomic mass is 9.98. The summed E-state index contributed by atoms with van der Waals surface area (Å²) in [6, 6.07) is 22.0. The Hall–Kier alpha value is -3.84. The summed E-state index contributed by atoms with van der Waals surface area (Å²) in [5.74, 6) is 6.10.